The van der Waals surface area contributed by atoms with E-state index in [9.17, 15) is 4.79 Å². The average Bonchev–Trinajstić information content (AvgIpc) is 2.42. The van der Waals surface area contributed by atoms with Crippen molar-refractivity contribution in [2.24, 2.45) is 5.73 Å². The van der Waals surface area contributed by atoms with Crippen LogP contribution in [0, 0.1) is 0 Å². The van der Waals surface area contributed by atoms with Gasteiger partial charge in [0.1, 0.15) is 0 Å². The maximum atomic E-state index is 11.8. The molecule has 1 aromatic rings. The predicted octanol–water partition coefficient (Wildman–Crippen LogP) is 0.141. The molecular weight excluding hydrogens is 256 g/mol. The molecule has 6 heteroatoms. The number of nitrogens with two attached hydrogens (primary N) is 3. The zero-order valence-electron chi connectivity index (χ0n) is 11.7. The van der Waals surface area contributed by atoms with E-state index in [0.29, 0.717) is 37.7 Å². The molecule has 0 bridgehead atoms. The molecule has 1 aliphatic rings. The number of carbonyl (C=O) groups excluding carboxylic acids is 1. The molecule has 2 unspecified atom stereocenters. The van der Waals surface area contributed by atoms with Crippen molar-refractivity contribution >= 4 is 17.3 Å². The highest BCUT2D eigenvalue weighted by Crippen LogP contribution is 2.27. The van der Waals surface area contributed by atoms with Gasteiger partial charge >= 0.3 is 0 Å². The Bertz CT molecular complexity index is 486. The Labute approximate surface area is 118 Å². The van der Waals surface area contributed by atoms with Crippen molar-refractivity contribution in [3.8, 4) is 0 Å². The molecule has 110 valence electrons. The number of anilines is 2. The largest absolute Gasteiger partial charge is 0.397 e. The van der Waals surface area contributed by atoms with Gasteiger partial charge in [0.2, 0.25) is 5.91 Å². The molecule has 0 saturated carbocycles. The van der Waals surface area contributed by atoms with Crippen LogP contribution in [-0.2, 0) is 9.53 Å². The number of rotatable bonds is 4. The number of amides is 1. The van der Waals surface area contributed by atoms with Crippen molar-refractivity contribution < 1.29 is 9.53 Å². The van der Waals surface area contributed by atoms with Gasteiger partial charge in [0, 0.05) is 19.0 Å². The summed E-state index contributed by atoms with van der Waals surface area (Å²) in [5.74, 6) is -0.372. The molecule has 1 heterocycles. The minimum absolute atomic E-state index is 0.0477. The lowest BCUT2D eigenvalue weighted by molar-refractivity contribution is -0.125. The normalized spacial score (nSPS) is 19.4. The lowest BCUT2D eigenvalue weighted by Crippen LogP contribution is -2.52. The molecule has 2 rings (SSSR count). The van der Waals surface area contributed by atoms with E-state index in [0.717, 1.165) is 5.56 Å². The summed E-state index contributed by atoms with van der Waals surface area (Å²) in [4.78, 5) is 13.9. The summed E-state index contributed by atoms with van der Waals surface area (Å²) in [6, 6.07) is 5.11. The van der Waals surface area contributed by atoms with Crippen molar-refractivity contribution in [1.82, 2.24) is 4.90 Å². The number of nitrogen functional groups attached to an aromatic ring is 2. The van der Waals surface area contributed by atoms with Crippen molar-refractivity contribution in [2.75, 3.05) is 37.8 Å². The van der Waals surface area contributed by atoms with Gasteiger partial charge in [-0.15, -0.1) is 0 Å². The lowest BCUT2D eigenvalue weighted by Gasteiger charge is -2.36. The summed E-state index contributed by atoms with van der Waals surface area (Å²) in [6.45, 7) is 4.65. The van der Waals surface area contributed by atoms with Crippen LogP contribution in [0.15, 0.2) is 18.2 Å². The molecule has 0 aromatic heterocycles. The molecule has 0 radical (unpaired) electrons. The molecule has 6 nitrogen and oxygen atoms in total. The van der Waals surface area contributed by atoms with E-state index < -0.39 is 0 Å². The highest BCUT2D eigenvalue weighted by molar-refractivity contribution is 5.81. The number of nitrogens with zero attached hydrogens (tertiary/aromatic N) is 1. The number of hydrogen-bond donors (Lipinski definition) is 3. The smallest absolute Gasteiger partial charge is 0.235 e. The molecule has 1 aromatic carbocycles. The molecule has 1 fully saturated rings. The Kier molecular flexibility index (Phi) is 4.46. The van der Waals surface area contributed by atoms with Crippen LogP contribution < -0.4 is 17.2 Å². The second kappa shape index (κ2) is 6.11. The van der Waals surface area contributed by atoms with E-state index in [1.165, 1.54) is 0 Å². The average molecular weight is 278 g/mol. The van der Waals surface area contributed by atoms with E-state index in [1.54, 1.807) is 6.07 Å². The third-order valence-corrected chi connectivity index (χ3v) is 3.84. The zero-order valence-corrected chi connectivity index (χ0v) is 11.7. The van der Waals surface area contributed by atoms with Crippen molar-refractivity contribution in [3.05, 3.63) is 23.8 Å². The Balaban J connectivity index is 2.23. The first-order valence-corrected chi connectivity index (χ1v) is 6.76. The Morgan fingerprint density at radius 1 is 1.25 bits per heavy atom. The maximum Gasteiger partial charge on any atom is 0.235 e. The summed E-state index contributed by atoms with van der Waals surface area (Å²) < 4.78 is 5.32. The fraction of sp³-hybridized carbons (Fsp3) is 0.500. The maximum absolute atomic E-state index is 11.8. The first kappa shape index (κ1) is 14.6. The number of primary amides is 1. The minimum atomic E-state index is -0.359. The standard InChI is InChI=1S/C14H22N4O2/c1-9(10-2-3-11(15)12(16)8-10)13(14(17)19)18-4-6-20-7-5-18/h2-3,8-9,13H,4-7,15-16H2,1H3,(H2,17,19). The molecule has 1 saturated heterocycles. The molecule has 2 atom stereocenters. The summed E-state index contributed by atoms with van der Waals surface area (Å²) in [5, 5.41) is 0. The number of morpholine rings is 1. The third kappa shape index (κ3) is 3.02. The number of ether oxygens (including phenoxy) is 1. The fourth-order valence-electron chi connectivity index (χ4n) is 2.66. The first-order chi connectivity index (χ1) is 9.50. The van der Waals surface area contributed by atoms with Gasteiger partial charge in [0.15, 0.2) is 0 Å². The molecule has 0 aliphatic carbocycles. The third-order valence-electron chi connectivity index (χ3n) is 3.84. The van der Waals surface area contributed by atoms with E-state index in [2.05, 4.69) is 4.90 Å². The van der Waals surface area contributed by atoms with Gasteiger partial charge in [0.05, 0.1) is 30.6 Å². The molecule has 1 amide bonds. The van der Waals surface area contributed by atoms with Crippen LogP contribution >= 0.6 is 0 Å². The van der Waals surface area contributed by atoms with Gasteiger partial charge in [-0.3, -0.25) is 9.69 Å². The predicted molar refractivity (Wildman–Crippen MR) is 79.1 cm³/mol. The molecule has 0 spiro atoms. The lowest BCUT2D eigenvalue weighted by atomic mass is 9.91. The summed E-state index contributed by atoms with van der Waals surface area (Å²) in [7, 11) is 0. The Morgan fingerprint density at radius 3 is 2.45 bits per heavy atom. The summed E-state index contributed by atoms with van der Waals surface area (Å²) in [5.41, 5.74) is 19.2. The molecule has 20 heavy (non-hydrogen) atoms. The first-order valence-electron chi connectivity index (χ1n) is 6.76. The monoisotopic (exact) mass is 278 g/mol. The fourth-order valence-corrected chi connectivity index (χ4v) is 2.66. The van der Waals surface area contributed by atoms with Crippen LogP contribution in [0.2, 0.25) is 0 Å². The van der Waals surface area contributed by atoms with Crippen LogP contribution in [0.5, 0.6) is 0 Å². The van der Waals surface area contributed by atoms with Gasteiger partial charge < -0.3 is 21.9 Å². The Hall–Kier alpha value is -1.79. The minimum Gasteiger partial charge on any atom is -0.397 e. The number of hydrogen-bond acceptors (Lipinski definition) is 5. The van der Waals surface area contributed by atoms with Gasteiger partial charge in [-0.2, -0.15) is 0 Å². The Morgan fingerprint density at radius 2 is 1.90 bits per heavy atom. The molecule has 1 aliphatic heterocycles. The van der Waals surface area contributed by atoms with E-state index >= 15 is 0 Å². The van der Waals surface area contributed by atoms with E-state index in [1.807, 2.05) is 19.1 Å². The van der Waals surface area contributed by atoms with Gasteiger partial charge in [-0.05, 0) is 17.7 Å². The quantitative estimate of drug-likeness (QED) is 0.679. The molecule has 6 N–H and O–H groups in total. The highest BCUT2D eigenvalue weighted by atomic mass is 16.5. The van der Waals surface area contributed by atoms with Crippen LogP contribution in [0.4, 0.5) is 11.4 Å². The van der Waals surface area contributed by atoms with Crippen LogP contribution in [0.25, 0.3) is 0 Å². The van der Waals surface area contributed by atoms with Gasteiger partial charge in [0.25, 0.3) is 0 Å². The van der Waals surface area contributed by atoms with Crippen molar-refractivity contribution in [2.45, 2.75) is 18.9 Å². The SMILES string of the molecule is CC(c1ccc(N)c(N)c1)C(C(N)=O)N1CCOCC1. The number of carbonyl (C=O) groups is 1. The van der Waals surface area contributed by atoms with Crippen molar-refractivity contribution in [1.29, 1.82) is 0 Å². The second-order valence-electron chi connectivity index (χ2n) is 5.17. The second-order valence-corrected chi connectivity index (χ2v) is 5.17. The van der Waals surface area contributed by atoms with Crippen LogP contribution in [0.1, 0.15) is 18.4 Å². The van der Waals surface area contributed by atoms with Gasteiger partial charge in [-0.1, -0.05) is 13.0 Å². The topological polar surface area (TPSA) is 108 Å². The van der Waals surface area contributed by atoms with Gasteiger partial charge in [-0.25, -0.2) is 0 Å². The zero-order chi connectivity index (χ0) is 14.7. The number of benzene rings is 1. The summed E-state index contributed by atoms with van der Waals surface area (Å²) >= 11 is 0. The highest BCUT2D eigenvalue weighted by Gasteiger charge is 2.31. The van der Waals surface area contributed by atoms with E-state index in [4.69, 9.17) is 21.9 Å². The van der Waals surface area contributed by atoms with Crippen LogP contribution in [0.3, 0.4) is 0 Å². The van der Waals surface area contributed by atoms with E-state index in [-0.39, 0.29) is 17.9 Å². The molecular formula is C14H22N4O2. The van der Waals surface area contributed by atoms with Crippen LogP contribution in [-0.4, -0.2) is 43.2 Å². The van der Waals surface area contributed by atoms with Crippen molar-refractivity contribution in [3.63, 3.8) is 0 Å². The summed E-state index contributed by atoms with van der Waals surface area (Å²) in [6.07, 6.45) is 0.